The van der Waals surface area contributed by atoms with Gasteiger partial charge >= 0.3 is 0 Å². The Morgan fingerprint density at radius 3 is 2.60 bits per heavy atom. The SMILES string of the molecule is CCN(c1cccc(Cl)c1CC(C)N)C1CCCCC1. The Morgan fingerprint density at radius 2 is 2.00 bits per heavy atom. The molecule has 0 spiro atoms. The van der Waals surface area contributed by atoms with E-state index in [4.69, 9.17) is 17.3 Å². The van der Waals surface area contributed by atoms with E-state index < -0.39 is 0 Å². The second kappa shape index (κ2) is 7.33. The monoisotopic (exact) mass is 294 g/mol. The second-order valence-electron chi connectivity index (χ2n) is 6.00. The smallest absolute Gasteiger partial charge is 0.0459 e. The molecule has 0 heterocycles. The lowest BCUT2D eigenvalue weighted by atomic mass is 9.93. The zero-order chi connectivity index (χ0) is 14.5. The summed E-state index contributed by atoms with van der Waals surface area (Å²) in [6.45, 7) is 5.33. The first-order chi connectivity index (χ1) is 9.63. The van der Waals surface area contributed by atoms with Crippen molar-refractivity contribution in [3.63, 3.8) is 0 Å². The minimum absolute atomic E-state index is 0.138. The average molecular weight is 295 g/mol. The highest BCUT2D eigenvalue weighted by atomic mass is 35.5. The molecule has 1 aliphatic rings. The van der Waals surface area contributed by atoms with Crippen molar-refractivity contribution < 1.29 is 0 Å². The molecule has 2 nitrogen and oxygen atoms in total. The highest BCUT2D eigenvalue weighted by Gasteiger charge is 2.23. The third-order valence-corrected chi connectivity index (χ3v) is 4.64. The van der Waals surface area contributed by atoms with Gasteiger partial charge < -0.3 is 10.6 Å². The van der Waals surface area contributed by atoms with Crippen molar-refractivity contribution in [2.75, 3.05) is 11.4 Å². The van der Waals surface area contributed by atoms with Gasteiger partial charge in [-0.2, -0.15) is 0 Å². The number of nitrogens with zero attached hydrogens (tertiary/aromatic N) is 1. The van der Waals surface area contributed by atoms with Gasteiger partial charge in [0, 0.05) is 29.3 Å². The number of rotatable bonds is 5. The molecule has 1 atom stereocenters. The van der Waals surface area contributed by atoms with E-state index in [9.17, 15) is 0 Å². The van der Waals surface area contributed by atoms with E-state index in [-0.39, 0.29) is 6.04 Å². The van der Waals surface area contributed by atoms with E-state index >= 15 is 0 Å². The molecule has 0 saturated heterocycles. The summed E-state index contributed by atoms with van der Waals surface area (Å²) in [5.74, 6) is 0. The van der Waals surface area contributed by atoms with Crippen molar-refractivity contribution >= 4 is 17.3 Å². The standard InChI is InChI=1S/C17H27ClN2/c1-3-20(14-8-5-4-6-9-14)17-11-7-10-16(18)15(17)12-13(2)19/h7,10-11,13-14H,3-6,8-9,12,19H2,1-2H3. The minimum atomic E-state index is 0.138. The van der Waals surface area contributed by atoms with Gasteiger partial charge in [-0.3, -0.25) is 0 Å². The molecule has 0 radical (unpaired) electrons. The molecule has 1 aliphatic carbocycles. The van der Waals surface area contributed by atoms with Crippen molar-refractivity contribution in [2.24, 2.45) is 5.73 Å². The van der Waals surface area contributed by atoms with Gasteiger partial charge in [-0.15, -0.1) is 0 Å². The van der Waals surface area contributed by atoms with E-state index in [0.717, 1.165) is 18.0 Å². The van der Waals surface area contributed by atoms with Gasteiger partial charge in [0.2, 0.25) is 0 Å². The Bertz CT molecular complexity index is 425. The van der Waals surface area contributed by atoms with Gasteiger partial charge in [0.1, 0.15) is 0 Å². The predicted octanol–water partition coefficient (Wildman–Crippen LogP) is 4.39. The van der Waals surface area contributed by atoms with Crippen LogP contribution < -0.4 is 10.6 Å². The third-order valence-electron chi connectivity index (χ3n) is 4.29. The number of hydrogen-bond acceptors (Lipinski definition) is 2. The number of halogens is 1. The van der Waals surface area contributed by atoms with Crippen LogP contribution in [-0.4, -0.2) is 18.6 Å². The predicted molar refractivity (Wildman–Crippen MR) is 88.7 cm³/mol. The molecule has 1 aromatic rings. The molecule has 3 heteroatoms. The Labute approximate surface area is 128 Å². The van der Waals surface area contributed by atoms with Crippen LogP contribution >= 0.6 is 11.6 Å². The largest absolute Gasteiger partial charge is 0.369 e. The molecule has 1 saturated carbocycles. The van der Waals surface area contributed by atoms with Gasteiger partial charge in [-0.25, -0.2) is 0 Å². The fraction of sp³-hybridized carbons (Fsp3) is 0.647. The lowest BCUT2D eigenvalue weighted by Crippen LogP contribution is -2.37. The van der Waals surface area contributed by atoms with Crippen molar-refractivity contribution in [1.29, 1.82) is 0 Å². The van der Waals surface area contributed by atoms with Crippen LogP contribution in [0.2, 0.25) is 5.02 Å². The minimum Gasteiger partial charge on any atom is -0.369 e. The van der Waals surface area contributed by atoms with Crippen molar-refractivity contribution in [1.82, 2.24) is 0 Å². The number of anilines is 1. The number of hydrogen-bond donors (Lipinski definition) is 1. The van der Waals surface area contributed by atoms with Crippen LogP contribution in [0.4, 0.5) is 5.69 Å². The first-order valence-corrected chi connectivity index (χ1v) is 8.31. The topological polar surface area (TPSA) is 29.3 Å². The van der Waals surface area contributed by atoms with E-state index in [1.165, 1.54) is 43.4 Å². The summed E-state index contributed by atoms with van der Waals surface area (Å²) in [7, 11) is 0. The zero-order valence-electron chi connectivity index (χ0n) is 12.7. The fourth-order valence-electron chi connectivity index (χ4n) is 3.36. The average Bonchev–Trinajstić information content (AvgIpc) is 2.44. The lowest BCUT2D eigenvalue weighted by molar-refractivity contribution is 0.417. The molecule has 0 aliphatic heterocycles. The molecule has 0 amide bonds. The Balaban J connectivity index is 2.30. The van der Waals surface area contributed by atoms with Crippen LogP contribution in [0.3, 0.4) is 0 Å². The first-order valence-electron chi connectivity index (χ1n) is 7.93. The highest BCUT2D eigenvalue weighted by Crippen LogP contribution is 2.33. The molecule has 0 aromatic heterocycles. The molecule has 2 N–H and O–H groups in total. The summed E-state index contributed by atoms with van der Waals surface area (Å²) in [4.78, 5) is 2.54. The Hall–Kier alpha value is -0.730. The molecule has 20 heavy (non-hydrogen) atoms. The second-order valence-corrected chi connectivity index (χ2v) is 6.40. The van der Waals surface area contributed by atoms with Gasteiger partial charge in [-0.1, -0.05) is 36.9 Å². The third kappa shape index (κ3) is 3.67. The first kappa shape index (κ1) is 15.7. The van der Waals surface area contributed by atoms with Crippen molar-refractivity contribution in [2.45, 2.75) is 64.5 Å². The van der Waals surface area contributed by atoms with Gasteiger partial charge in [0.05, 0.1) is 0 Å². The fourth-order valence-corrected chi connectivity index (χ4v) is 3.61. The van der Waals surface area contributed by atoms with E-state index in [1.54, 1.807) is 0 Å². The summed E-state index contributed by atoms with van der Waals surface area (Å²) in [5.41, 5.74) is 8.52. The zero-order valence-corrected chi connectivity index (χ0v) is 13.5. The summed E-state index contributed by atoms with van der Waals surface area (Å²) < 4.78 is 0. The normalized spacial score (nSPS) is 18.0. The molecule has 1 aromatic carbocycles. The van der Waals surface area contributed by atoms with E-state index in [0.29, 0.717) is 6.04 Å². The van der Waals surface area contributed by atoms with Crippen LogP contribution in [0.1, 0.15) is 51.5 Å². The van der Waals surface area contributed by atoms with Crippen molar-refractivity contribution in [3.8, 4) is 0 Å². The molecule has 1 fully saturated rings. The molecule has 1 unspecified atom stereocenters. The molecule has 112 valence electrons. The Kier molecular flexibility index (Phi) is 5.74. The molecule has 2 rings (SSSR count). The maximum atomic E-state index is 6.43. The van der Waals surface area contributed by atoms with Crippen LogP contribution in [0, 0.1) is 0 Å². The van der Waals surface area contributed by atoms with Gasteiger partial charge in [0.25, 0.3) is 0 Å². The van der Waals surface area contributed by atoms with E-state index in [2.05, 4.69) is 24.0 Å². The lowest BCUT2D eigenvalue weighted by Gasteiger charge is -2.37. The molecular weight excluding hydrogens is 268 g/mol. The summed E-state index contributed by atoms with van der Waals surface area (Å²) in [6.07, 6.45) is 7.54. The van der Waals surface area contributed by atoms with Crippen LogP contribution in [-0.2, 0) is 6.42 Å². The maximum Gasteiger partial charge on any atom is 0.0459 e. The summed E-state index contributed by atoms with van der Waals surface area (Å²) in [5, 5.41) is 0.856. The van der Waals surface area contributed by atoms with Crippen LogP contribution in [0.15, 0.2) is 18.2 Å². The van der Waals surface area contributed by atoms with Crippen LogP contribution in [0.5, 0.6) is 0 Å². The number of benzene rings is 1. The van der Waals surface area contributed by atoms with Gasteiger partial charge in [0.15, 0.2) is 0 Å². The number of nitrogens with two attached hydrogens (primary N) is 1. The maximum absolute atomic E-state index is 6.43. The van der Waals surface area contributed by atoms with Crippen LogP contribution in [0.25, 0.3) is 0 Å². The molecule has 0 bridgehead atoms. The summed E-state index contributed by atoms with van der Waals surface area (Å²) in [6, 6.07) is 7.06. The Morgan fingerprint density at radius 1 is 1.30 bits per heavy atom. The molecular formula is C17H27ClN2. The quantitative estimate of drug-likeness (QED) is 0.873. The van der Waals surface area contributed by atoms with E-state index in [1.807, 2.05) is 13.0 Å². The highest BCUT2D eigenvalue weighted by molar-refractivity contribution is 6.31. The summed E-state index contributed by atoms with van der Waals surface area (Å²) >= 11 is 6.43. The van der Waals surface area contributed by atoms with Gasteiger partial charge in [-0.05, 0) is 50.8 Å². The van der Waals surface area contributed by atoms with Crippen molar-refractivity contribution in [3.05, 3.63) is 28.8 Å².